The van der Waals surface area contributed by atoms with Crippen molar-refractivity contribution in [2.75, 3.05) is 7.05 Å². The molecule has 1 saturated carbocycles. The SMILES string of the molecule is CN(Cc1ccccc1)Cc1cnc(C2CCCCC2)[nH]1. The van der Waals surface area contributed by atoms with E-state index in [1.165, 1.54) is 49.2 Å². The van der Waals surface area contributed by atoms with Gasteiger partial charge in [0.25, 0.3) is 0 Å². The van der Waals surface area contributed by atoms with Gasteiger partial charge in [-0.3, -0.25) is 4.90 Å². The van der Waals surface area contributed by atoms with Crippen LogP contribution in [0.1, 0.15) is 55.1 Å². The van der Waals surface area contributed by atoms with Gasteiger partial charge in [0.05, 0.1) is 0 Å². The molecule has 112 valence electrons. The first kappa shape index (κ1) is 14.3. The van der Waals surface area contributed by atoms with E-state index in [4.69, 9.17) is 0 Å². The lowest BCUT2D eigenvalue weighted by Crippen LogP contribution is -2.17. The van der Waals surface area contributed by atoms with Crippen LogP contribution in [0.2, 0.25) is 0 Å². The molecule has 3 heteroatoms. The van der Waals surface area contributed by atoms with Crippen molar-refractivity contribution in [2.24, 2.45) is 0 Å². The maximum absolute atomic E-state index is 4.62. The Bertz CT molecular complexity index is 541. The third-order valence-electron chi connectivity index (χ3n) is 4.38. The molecular weight excluding hydrogens is 258 g/mol. The van der Waals surface area contributed by atoms with Gasteiger partial charge in [0.15, 0.2) is 0 Å². The molecule has 0 bridgehead atoms. The molecule has 0 unspecified atom stereocenters. The lowest BCUT2D eigenvalue weighted by molar-refractivity contribution is 0.315. The van der Waals surface area contributed by atoms with E-state index in [9.17, 15) is 0 Å². The topological polar surface area (TPSA) is 31.9 Å². The van der Waals surface area contributed by atoms with Crippen LogP contribution in [0, 0.1) is 0 Å². The summed E-state index contributed by atoms with van der Waals surface area (Å²) in [6, 6.07) is 10.6. The normalized spacial score (nSPS) is 16.5. The van der Waals surface area contributed by atoms with Crippen LogP contribution in [0.4, 0.5) is 0 Å². The summed E-state index contributed by atoms with van der Waals surface area (Å²) in [5.41, 5.74) is 2.58. The minimum absolute atomic E-state index is 0.659. The fourth-order valence-corrected chi connectivity index (χ4v) is 3.28. The molecule has 21 heavy (non-hydrogen) atoms. The van der Waals surface area contributed by atoms with Crippen LogP contribution < -0.4 is 0 Å². The Morgan fingerprint density at radius 2 is 1.86 bits per heavy atom. The minimum Gasteiger partial charge on any atom is -0.345 e. The molecule has 3 nitrogen and oxygen atoms in total. The Hall–Kier alpha value is -1.61. The highest BCUT2D eigenvalue weighted by Crippen LogP contribution is 2.30. The van der Waals surface area contributed by atoms with Crippen molar-refractivity contribution in [3.8, 4) is 0 Å². The average Bonchev–Trinajstić information content (AvgIpc) is 2.97. The Morgan fingerprint density at radius 1 is 1.10 bits per heavy atom. The number of aromatic amines is 1. The zero-order valence-electron chi connectivity index (χ0n) is 12.9. The predicted octanol–water partition coefficient (Wildman–Crippen LogP) is 4.09. The number of nitrogens with zero attached hydrogens (tertiary/aromatic N) is 2. The summed E-state index contributed by atoms with van der Waals surface area (Å²) in [4.78, 5) is 10.5. The summed E-state index contributed by atoms with van der Waals surface area (Å²) in [5.74, 6) is 1.87. The molecule has 1 aromatic heterocycles. The van der Waals surface area contributed by atoms with Crippen molar-refractivity contribution in [1.29, 1.82) is 0 Å². The van der Waals surface area contributed by atoms with Gasteiger partial charge in [0, 0.05) is 30.9 Å². The summed E-state index contributed by atoms with van der Waals surface area (Å²) in [5, 5.41) is 0. The Balaban J connectivity index is 1.56. The molecule has 0 spiro atoms. The van der Waals surface area contributed by atoms with Crippen LogP contribution >= 0.6 is 0 Å². The van der Waals surface area contributed by atoms with E-state index < -0.39 is 0 Å². The molecule has 1 fully saturated rings. The second-order valence-electron chi connectivity index (χ2n) is 6.29. The van der Waals surface area contributed by atoms with Crippen molar-refractivity contribution in [3.05, 3.63) is 53.6 Å². The van der Waals surface area contributed by atoms with Gasteiger partial charge in [-0.25, -0.2) is 4.98 Å². The monoisotopic (exact) mass is 283 g/mol. The molecule has 1 aromatic carbocycles. The van der Waals surface area contributed by atoms with Gasteiger partial charge in [-0.15, -0.1) is 0 Å². The van der Waals surface area contributed by atoms with E-state index in [2.05, 4.69) is 52.2 Å². The van der Waals surface area contributed by atoms with Crippen molar-refractivity contribution in [2.45, 2.75) is 51.1 Å². The van der Waals surface area contributed by atoms with E-state index in [0.717, 1.165) is 13.1 Å². The summed E-state index contributed by atoms with van der Waals surface area (Å²) in [6.07, 6.45) is 8.72. The number of nitrogens with one attached hydrogen (secondary N) is 1. The van der Waals surface area contributed by atoms with E-state index in [1.54, 1.807) is 0 Å². The zero-order chi connectivity index (χ0) is 14.5. The van der Waals surface area contributed by atoms with Crippen LogP contribution in [0.25, 0.3) is 0 Å². The van der Waals surface area contributed by atoms with Gasteiger partial charge >= 0.3 is 0 Å². The van der Waals surface area contributed by atoms with E-state index in [0.29, 0.717) is 5.92 Å². The van der Waals surface area contributed by atoms with Gasteiger partial charge in [-0.1, -0.05) is 49.6 Å². The quantitative estimate of drug-likeness (QED) is 0.896. The summed E-state index contributed by atoms with van der Waals surface area (Å²) < 4.78 is 0. The van der Waals surface area contributed by atoms with Crippen molar-refractivity contribution < 1.29 is 0 Å². The second kappa shape index (κ2) is 6.90. The molecule has 0 amide bonds. The van der Waals surface area contributed by atoms with Crippen LogP contribution in [-0.2, 0) is 13.1 Å². The molecule has 1 aliphatic rings. The molecule has 1 N–H and O–H groups in total. The van der Waals surface area contributed by atoms with Gasteiger partial charge < -0.3 is 4.98 Å². The largest absolute Gasteiger partial charge is 0.345 e. The Kier molecular flexibility index (Phi) is 4.71. The van der Waals surface area contributed by atoms with Crippen LogP contribution in [-0.4, -0.2) is 21.9 Å². The van der Waals surface area contributed by atoms with Crippen LogP contribution in [0.5, 0.6) is 0 Å². The van der Waals surface area contributed by atoms with E-state index in [-0.39, 0.29) is 0 Å². The zero-order valence-corrected chi connectivity index (χ0v) is 12.9. The van der Waals surface area contributed by atoms with Gasteiger partial charge in [-0.2, -0.15) is 0 Å². The first-order valence-corrected chi connectivity index (χ1v) is 8.07. The standard InChI is InChI=1S/C18H25N3/c1-21(13-15-8-4-2-5-9-15)14-17-12-19-18(20-17)16-10-6-3-7-11-16/h2,4-5,8-9,12,16H,3,6-7,10-11,13-14H2,1H3,(H,19,20). The average molecular weight is 283 g/mol. The predicted molar refractivity (Wildman–Crippen MR) is 86.0 cm³/mol. The van der Waals surface area contributed by atoms with E-state index in [1.807, 2.05) is 6.20 Å². The molecule has 0 atom stereocenters. The van der Waals surface area contributed by atoms with Crippen molar-refractivity contribution in [1.82, 2.24) is 14.9 Å². The number of imidazole rings is 1. The molecule has 0 aliphatic heterocycles. The second-order valence-corrected chi connectivity index (χ2v) is 6.29. The van der Waals surface area contributed by atoms with Crippen LogP contribution in [0.15, 0.2) is 36.5 Å². The van der Waals surface area contributed by atoms with E-state index >= 15 is 0 Å². The Labute approximate surface area is 127 Å². The maximum Gasteiger partial charge on any atom is 0.109 e. The fraction of sp³-hybridized carbons (Fsp3) is 0.500. The van der Waals surface area contributed by atoms with Crippen molar-refractivity contribution >= 4 is 0 Å². The minimum atomic E-state index is 0.659. The molecule has 0 radical (unpaired) electrons. The van der Waals surface area contributed by atoms with Crippen LogP contribution in [0.3, 0.4) is 0 Å². The molecule has 0 saturated heterocycles. The van der Waals surface area contributed by atoms with Gasteiger partial charge in [-0.05, 0) is 25.5 Å². The smallest absolute Gasteiger partial charge is 0.109 e. The molecule has 1 heterocycles. The Morgan fingerprint density at radius 3 is 2.62 bits per heavy atom. The van der Waals surface area contributed by atoms with Crippen molar-refractivity contribution in [3.63, 3.8) is 0 Å². The number of rotatable bonds is 5. The number of aromatic nitrogens is 2. The third kappa shape index (κ3) is 3.94. The number of hydrogen-bond donors (Lipinski definition) is 1. The first-order valence-electron chi connectivity index (χ1n) is 8.07. The number of H-pyrrole nitrogens is 1. The van der Waals surface area contributed by atoms with Gasteiger partial charge in [0.1, 0.15) is 5.82 Å². The lowest BCUT2D eigenvalue weighted by Gasteiger charge is -2.19. The number of benzene rings is 1. The first-order chi connectivity index (χ1) is 10.3. The van der Waals surface area contributed by atoms with Gasteiger partial charge in [0.2, 0.25) is 0 Å². The highest BCUT2D eigenvalue weighted by Gasteiger charge is 2.18. The highest BCUT2D eigenvalue weighted by molar-refractivity contribution is 5.14. The fourth-order valence-electron chi connectivity index (χ4n) is 3.28. The summed E-state index contributed by atoms with van der Waals surface area (Å²) >= 11 is 0. The molecule has 1 aliphatic carbocycles. The lowest BCUT2D eigenvalue weighted by atomic mass is 9.89. The molecular formula is C18H25N3. The highest BCUT2D eigenvalue weighted by atomic mass is 15.1. The molecule has 2 aromatic rings. The number of hydrogen-bond acceptors (Lipinski definition) is 2. The summed E-state index contributed by atoms with van der Waals surface area (Å²) in [6.45, 7) is 1.90. The summed E-state index contributed by atoms with van der Waals surface area (Å²) in [7, 11) is 2.16. The maximum atomic E-state index is 4.62. The molecule has 3 rings (SSSR count). The third-order valence-corrected chi connectivity index (χ3v) is 4.38.